The molecule has 0 fully saturated rings. The third kappa shape index (κ3) is 3.32. The van der Waals surface area contributed by atoms with E-state index in [4.69, 9.17) is 9.47 Å². The molecule has 0 radical (unpaired) electrons. The van der Waals surface area contributed by atoms with Gasteiger partial charge in [-0.1, -0.05) is 12.1 Å². The van der Waals surface area contributed by atoms with Gasteiger partial charge in [0.2, 0.25) is 5.95 Å². The third-order valence-electron chi connectivity index (χ3n) is 3.41. The molecule has 1 heterocycles. The van der Waals surface area contributed by atoms with E-state index in [1.54, 1.807) is 25.3 Å². The van der Waals surface area contributed by atoms with Crippen LogP contribution in [0.5, 0.6) is 11.5 Å². The summed E-state index contributed by atoms with van der Waals surface area (Å²) in [6.45, 7) is 3.86. The third-order valence-corrected chi connectivity index (χ3v) is 3.41. The average Bonchev–Trinajstić information content (AvgIpc) is 2.96. The Hall–Kier alpha value is -3.02. The lowest BCUT2D eigenvalue weighted by molar-refractivity contribution is 0.102. The molecule has 124 valence electrons. The molecule has 3 aromatic rings. The number of aromatic amines is 1. The lowest BCUT2D eigenvalue weighted by atomic mass is 10.2. The van der Waals surface area contributed by atoms with Crippen LogP contribution in [-0.2, 0) is 0 Å². The number of rotatable bonds is 5. The quantitative estimate of drug-likeness (QED) is 0.751. The average molecular weight is 325 g/mol. The number of para-hydroxylation sites is 2. The van der Waals surface area contributed by atoms with Crippen LogP contribution in [0.1, 0.15) is 24.2 Å². The number of H-pyrrole nitrogens is 1. The number of imidazole rings is 1. The van der Waals surface area contributed by atoms with Crippen molar-refractivity contribution in [1.82, 2.24) is 9.97 Å². The Morgan fingerprint density at radius 2 is 1.96 bits per heavy atom. The molecule has 0 aliphatic heterocycles. The fraction of sp³-hybridized carbons (Fsp3) is 0.222. The number of methoxy groups -OCH3 is 1. The number of ether oxygens (including phenoxy) is 2. The van der Waals surface area contributed by atoms with Crippen LogP contribution >= 0.6 is 0 Å². The molecule has 6 heteroatoms. The number of nitrogens with one attached hydrogen (secondary N) is 2. The number of aromatic nitrogens is 2. The molecule has 0 saturated heterocycles. The number of nitrogens with zero attached hydrogens (tertiary/aromatic N) is 1. The molecule has 2 aromatic carbocycles. The van der Waals surface area contributed by atoms with Gasteiger partial charge < -0.3 is 14.5 Å². The predicted octanol–water partition coefficient (Wildman–Crippen LogP) is 3.61. The Morgan fingerprint density at radius 1 is 1.17 bits per heavy atom. The van der Waals surface area contributed by atoms with E-state index in [-0.39, 0.29) is 12.0 Å². The van der Waals surface area contributed by atoms with Crippen LogP contribution in [0, 0.1) is 0 Å². The standard InChI is InChI=1S/C18H19N3O3/c1-11(2)24-15-9-8-12(10-16(15)23-3)17(22)21-18-19-13-6-4-5-7-14(13)20-18/h4-11H,1-3H3,(H2,19,20,21,22). The van der Waals surface area contributed by atoms with Gasteiger partial charge in [-0.05, 0) is 44.2 Å². The van der Waals surface area contributed by atoms with Crippen LogP contribution in [0.15, 0.2) is 42.5 Å². The first kappa shape index (κ1) is 15.9. The summed E-state index contributed by atoms with van der Waals surface area (Å²) in [6.07, 6.45) is 0.0223. The van der Waals surface area contributed by atoms with Crippen molar-refractivity contribution in [3.8, 4) is 11.5 Å². The number of amides is 1. The first-order chi connectivity index (χ1) is 11.6. The number of carbonyl (C=O) groups is 1. The first-order valence-corrected chi connectivity index (χ1v) is 7.67. The summed E-state index contributed by atoms with van der Waals surface area (Å²) in [5.41, 5.74) is 2.13. The molecule has 2 N–H and O–H groups in total. The summed E-state index contributed by atoms with van der Waals surface area (Å²) >= 11 is 0. The van der Waals surface area contributed by atoms with Crippen molar-refractivity contribution in [3.05, 3.63) is 48.0 Å². The number of hydrogen-bond acceptors (Lipinski definition) is 4. The Kier molecular flexibility index (Phi) is 4.37. The van der Waals surface area contributed by atoms with Crippen molar-refractivity contribution in [2.24, 2.45) is 0 Å². The number of fused-ring (bicyclic) bond motifs is 1. The van der Waals surface area contributed by atoms with Gasteiger partial charge in [0, 0.05) is 5.56 Å². The number of hydrogen-bond donors (Lipinski definition) is 2. The van der Waals surface area contributed by atoms with Crippen LogP contribution in [0.4, 0.5) is 5.95 Å². The Bertz CT molecular complexity index is 838. The van der Waals surface area contributed by atoms with E-state index in [0.717, 1.165) is 11.0 Å². The minimum atomic E-state index is -0.275. The second-order valence-electron chi connectivity index (χ2n) is 5.59. The van der Waals surface area contributed by atoms with Crippen LogP contribution in [0.2, 0.25) is 0 Å². The van der Waals surface area contributed by atoms with Gasteiger partial charge in [-0.3, -0.25) is 10.1 Å². The molecule has 3 rings (SSSR count). The highest BCUT2D eigenvalue weighted by atomic mass is 16.5. The second-order valence-corrected chi connectivity index (χ2v) is 5.59. The van der Waals surface area contributed by atoms with Crippen molar-refractivity contribution < 1.29 is 14.3 Å². The van der Waals surface area contributed by atoms with Crippen molar-refractivity contribution in [2.75, 3.05) is 12.4 Å². The molecule has 6 nitrogen and oxygen atoms in total. The summed E-state index contributed by atoms with van der Waals surface area (Å²) in [4.78, 5) is 19.8. The molecular formula is C18H19N3O3. The van der Waals surface area contributed by atoms with Gasteiger partial charge in [0.25, 0.3) is 5.91 Å². The van der Waals surface area contributed by atoms with Gasteiger partial charge in [0.15, 0.2) is 11.5 Å². The maximum Gasteiger partial charge on any atom is 0.258 e. The fourth-order valence-corrected chi connectivity index (χ4v) is 2.35. The van der Waals surface area contributed by atoms with Crippen LogP contribution < -0.4 is 14.8 Å². The maximum absolute atomic E-state index is 12.4. The SMILES string of the molecule is COc1cc(C(=O)Nc2nc3ccccc3[nH]2)ccc1OC(C)C. The zero-order chi connectivity index (χ0) is 17.1. The molecular weight excluding hydrogens is 306 g/mol. The number of carbonyl (C=O) groups excluding carboxylic acids is 1. The molecule has 0 spiro atoms. The zero-order valence-electron chi connectivity index (χ0n) is 13.8. The summed E-state index contributed by atoms with van der Waals surface area (Å²) in [5.74, 6) is 1.25. The summed E-state index contributed by atoms with van der Waals surface area (Å²) in [6, 6.07) is 12.7. The summed E-state index contributed by atoms with van der Waals surface area (Å²) in [5, 5.41) is 2.76. The van der Waals surface area contributed by atoms with Crippen molar-refractivity contribution in [3.63, 3.8) is 0 Å². The van der Waals surface area contributed by atoms with E-state index < -0.39 is 0 Å². The van der Waals surface area contributed by atoms with Crippen LogP contribution in [0.25, 0.3) is 11.0 Å². The molecule has 1 amide bonds. The molecule has 0 aliphatic rings. The smallest absolute Gasteiger partial charge is 0.258 e. The topological polar surface area (TPSA) is 76.2 Å². The highest BCUT2D eigenvalue weighted by Gasteiger charge is 2.13. The maximum atomic E-state index is 12.4. The molecule has 0 saturated carbocycles. The summed E-state index contributed by atoms with van der Waals surface area (Å²) < 4.78 is 11.0. The Morgan fingerprint density at radius 3 is 2.67 bits per heavy atom. The van der Waals surface area contributed by atoms with Gasteiger partial charge in [-0.25, -0.2) is 4.98 Å². The molecule has 0 unspecified atom stereocenters. The van der Waals surface area contributed by atoms with Gasteiger partial charge in [-0.2, -0.15) is 0 Å². The van der Waals surface area contributed by atoms with Crippen LogP contribution in [-0.4, -0.2) is 29.1 Å². The van der Waals surface area contributed by atoms with Crippen molar-refractivity contribution >= 4 is 22.9 Å². The van der Waals surface area contributed by atoms with Crippen molar-refractivity contribution in [2.45, 2.75) is 20.0 Å². The highest BCUT2D eigenvalue weighted by molar-refractivity contribution is 6.04. The molecule has 24 heavy (non-hydrogen) atoms. The molecule has 0 atom stereocenters. The van der Waals surface area contributed by atoms with Crippen molar-refractivity contribution in [1.29, 1.82) is 0 Å². The normalized spacial score (nSPS) is 10.8. The Balaban J connectivity index is 1.81. The van der Waals surface area contributed by atoms with Gasteiger partial charge in [0.1, 0.15) is 0 Å². The number of benzene rings is 2. The second kappa shape index (κ2) is 6.62. The number of anilines is 1. The molecule has 0 aliphatic carbocycles. The van der Waals surface area contributed by atoms with E-state index in [9.17, 15) is 4.79 Å². The lowest BCUT2D eigenvalue weighted by Crippen LogP contribution is -2.13. The largest absolute Gasteiger partial charge is 0.493 e. The minimum Gasteiger partial charge on any atom is -0.493 e. The van der Waals surface area contributed by atoms with E-state index in [0.29, 0.717) is 23.0 Å². The van der Waals surface area contributed by atoms with E-state index in [1.165, 1.54) is 0 Å². The lowest BCUT2D eigenvalue weighted by Gasteiger charge is -2.14. The predicted molar refractivity (Wildman–Crippen MR) is 92.8 cm³/mol. The molecule has 0 bridgehead atoms. The zero-order valence-corrected chi connectivity index (χ0v) is 13.8. The van der Waals surface area contributed by atoms with Crippen LogP contribution in [0.3, 0.4) is 0 Å². The van der Waals surface area contributed by atoms with Gasteiger partial charge >= 0.3 is 0 Å². The first-order valence-electron chi connectivity index (χ1n) is 7.67. The minimum absolute atomic E-state index is 0.0223. The summed E-state index contributed by atoms with van der Waals surface area (Å²) in [7, 11) is 1.55. The highest BCUT2D eigenvalue weighted by Crippen LogP contribution is 2.29. The van der Waals surface area contributed by atoms with Gasteiger partial charge in [-0.15, -0.1) is 0 Å². The van der Waals surface area contributed by atoms with E-state index >= 15 is 0 Å². The molecule has 1 aromatic heterocycles. The van der Waals surface area contributed by atoms with E-state index in [2.05, 4.69) is 15.3 Å². The van der Waals surface area contributed by atoms with Gasteiger partial charge in [0.05, 0.1) is 24.2 Å². The van der Waals surface area contributed by atoms with E-state index in [1.807, 2.05) is 38.1 Å². The fourth-order valence-electron chi connectivity index (χ4n) is 2.35. The monoisotopic (exact) mass is 325 g/mol. The Labute approximate surface area is 139 Å².